The van der Waals surface area contributed by atoms with Gasteiger partial charge < -0.3 is 20.3 Å². The van der Waals surface area contributed by atoms with Gasteiger partial charge in [0.15, 0.2) is 0 Å². The number of ether oxygens (including phenoxy) is 1. The molecule has 2 N–H and O–H groups in total. The maximum absolute atomic E-state index is 5.34. The first kappa shape index (κ1) is 14.2. The maximum Gasteiger partial charge on any atom is 0.122 e. The van der Waals surface area contributed by atoms with Crippen LogP contribution in [0.1, 0.15) is 11.1 Å². The highest BCUT2D eigenvalue weighted by molar-refractivity contribution is 5.58. The van der Waals surface area contributed by atoms with Gasteiger partial charge in [-0.25, -0.2) is 0 Å². The molecule has 1 fully saturated rings. The molecule has 4 heteroatoms. The van der Waals surface area contributed by atoms with E-state index in [1.807, 2.05) is 6.07 Å². The van der Waals surface area contributed by atoms with Gasteiger partial charge in [0.1, 0.15) is 5.75 Å². The zero-order valence-electron chi connectivity index (χ0n) is 12.4. The molecule has 0 saturated carbocycles. The van der Waals surface area contributed by atoms with E-state index in [1.165, 1.54) is 16.8 Å². The number of hydrogen-bond acceptors (Lipinski definition) is 4. The van der Waals surface area contributed by atoms with Crippen LogP contribution < -0.4 is 15.4 Å². The Morgan fingerprint density at radius 3 is 2.84 bits per heavy atom. The summed E-state index contributed by atoms with van der Waals surface area (Å²) < 4.78 is 5.34. The van der Waals surface area contributed by atoms with E-state index in [2.05, 4.69) is 42.5 Å². The lowest BCUT2D eigenvalue weighted by molar-refractivity contribution is 0.244. The molecule has 1 aromatic carbocycles. The molecule has 0 spiro atoms. The highest BCUT2D eigenvalue weighted by Crippen LogP contribution is 2.27. The number of nitrogens with one attached hydrogen (secondary N) is 2. The van der Waals surface area contributed by atoms with Crippen LogP contribution in [-0.4, -0.2) is 51.3 Å². The van der Waals surface area contributed by atoms with E-state index in [4.69, 9.17) is 4.74 Å². The molecular formula is C15H25N3O. The number of nitrogens with zero attached hydrogens (tertiary/aromatic N) is 1. The first-order chi connectivity index (χ1) is 9.11. The third kappa shape index (κ3) is 3.39. The number of hydrogen-bond donors (Lipinski definition) is 2. The molecule has 1 saturated heterocycles. The van der Waals surface area contributed by atoms with Crippen molar-refractivity contribution in [3.05, 3.63) is 23.3 Å². The molecule has 0 bridgehead atoms. The predicted octanol–water partition coefficient (Wildman–Crippen LogP) is 1.63. The molecule has 2 rings (SSSR count). The summed E-state index contributed by atoms with van der Waals surface area (Å²) in [6.45, 7) is 8.51. The molecular weight excluding hydrogens is 238 g/mol. The minimum Gasteiger partial charge on any atom is -0.496 e. The minimum atomic E-state index is 0.514. The van der Waals surface area contributed by atoms with Crippen LogP contribution in [0.25, 0.3) is 0 Å². The van der Waals surface area contributed by atoms with Crippen molar-refractivity contribution in [3.8, 4) is 5.75 Å². The summed E-state index contributed by atoms with van der Waals surface area (Å²) in [7, 11) is 3.90. The monoisotopic (exact) mass is 263 g/mol. The van der Waals surface area contributed by atoms with Crippen molar-refractivity contribution in [1.82, 2.24) is 10.2 Å². The fourth-order valence-corrected chi connectivity index (χ4v) is 2.57. The van der Waals surface area contributed by atoms with E-state index < -0.39 is 0 Å². The maximum atomic E-state index is 5.34. The highest BCUT2D eigenvalue weighted by Gasteiger charge is 2.16. The number of methoxy groups -OCH3 is 1. The first-order valence-electron chi connectivity index (χ1n) is 6.92. The van der Waals surface area contributed by atoms with Crippen LogP contribution in [0.2, 0.25) is 0 Å². The predicted molar refractivity (Wildman–Crippen MR) is 80.2 cm³/mol. The van der Waals surface area contributed by atoms with Gasteiger partial charge >= 0.3 is 0 Å². The van der Waals surface area contributed by atoms with Crippen molar-refractivity contribution in [2.45, 2.75) is 19.9 Å². The molecule has 4 nitrogen and oxygen atoms in total. The normalized spacial score (nSPS) is 20.3. The van der Waals surface area contributed by atoms with E-state index in [-0.39, 0.29) is 0 Å². The molecule has 1 unspecified atom stereocenters. The summed E-state index contributed by atoms with van der Waals surface area (Å²) in [5, 5.41) is 7.10. The van der Waals surface area contributed by atoms with Crippen LogP contribution in [0.3, 0.4) is 0 Å². The van der Waals surface area contributed by atoms with E-state index >= 15 is 0 Å². The topological polar surface area (TPSA) is 36.5 Å². The lowest BCUT2D eigenvalue weighted by Gasteiger charge is -2.31. The number of piperazine rings is 1. The van der Waals surface area contributed by atoms with Crippen LogP contribution in [-0.2, 0) is 0 Å². The van der Waals surface area contributed by atoms with Crippen molar-refractivity contribution < 1.29 is 4.74 Å². The Bertz CT molecular complexity index is 434. The van der Waals surface area contributed by atoms with E-state index in [9.17, 15) is 0 Å². The first-order valence-corrected chi connectivity index (χ1v) is 6.92. The Morgan fingerprint density at radius 1 is 1.37 bits per heavy atom. The standard InChI is InChI=1S/C15H25N3O/c1-11-12(2)15(19-4)6-5-14(11)17-9-13-10-18(3)8-7-16-13/h5-6,13,16-17H,7-10H2,1-4H3. The number of rotatable bonds is 4. The summed E-state index contributed by atoms with van der Waals surface area (Å²) in [4.78, 5) is 2.37. The third-order valence-electron chi connectivity index (χ3n) is 3.95. The van der Waals surface area contributed by atoms with Crippen molar-refractivity contribution in [2.75, 3.05) is 45.7 Å². The molecule has 1 aliphatic rings. The minimum absolute atomic E-state index is 0.514. The molecule has 106 valence electrons. The van der Waals surface area contributed by atoms with Crippen LogP contribution in [0.5, 0.6) is 5.75 Å². The average molecular weight is 263 g/mol. The lowest BCUT2D eigenvalue weighted by atomic mass is 10.1. The number of likely N-dealkylation sites (N-methyl/N-ethyl adjacent to an activating group) is 1. The molecule has 0 aromatic heterocycles. The Kier molecular flexibility index (Phi) is 4.66. The second-order valence-corrected chi connectivity index (χ2v) is 5.36. The van der Waals surface area contributed by atoms with Gasteiger partial charge in [0, 0.05) is 37.9 Å². The van der Waals surface area contributed by atoms with Crippen LogP contribution >= 0.6 is 0 Å². The summed E-state index contributed by atoms with van der Waals surface area (Å²) in [5.41, 5.74) is 3.68. The molecule has 0 amide bonds. The Labute approximate surface area is 116 Å². The molecule has 0 radical (unpaired) electrons. The molecule has 1 atom stereocenters. The number of anilines is 1. The SMILES string of the molecule is COc1ccc(NCC2CN(C)CCN2)c(C)c1C. The summed E-state index contributed by atoms with van der Waals surface area (Å²) >= 11 is 0. The lowest BCUT2D eigenvalue weighted by Crippen LogP contribution is -2.51. The van der Waals surface area contributed by atoms with E-state index in [0.717, 1.165) is 31.9 Å². The van der Waals surface area contributed by atoms with Gasteiger partial charge in [0.2, 0.25) is 0 Å². The molecule has 1 aromatic rings. The van der Waals surface area contributed by atoms with Gasteiger partial charge in [-0.15, -0.1) is 0 Å². The van der Waals surface area contributed by atoms with Gasteiger partial charge in [-0.2, -0.15) is 0 Å². The van der Waals surface area contributed by atoms with Crippen LogP contribution in [0, 0.1) is 13.8 Å². The summed E-state index contributed by atoms with van der Waals surface area (Å²) in [6.07, 6.45) is 0. The molecule has 0 aliphatic carbocycles. The fourth-order valence-electron chi connectivity index (χ4n) is 2.57. The van der Waals surface area contributed by atoms with Crippen molar-refractivity contribution in [2.24, 2.45) is 0 Å². The Morgan fingerprint density at radius 2 is 2.16 bits per heavy atom. The van der Waals surface area contributed by atoms with E-state index in [1.54, 1.807) is 7.11 Å². The molecule has 19 heavy (non-hydrogen) atoms. The van der Waals surface area contributed by atoms with Gasteiger partial charge in [0.05, 0.1) is 7.11 Å². The summed E-state index contributed by atoms with van der Waals surface area (Å²) in [5.74, 6) is 0.957. The fraction of sp³-hybridized carbons (Fsp3) is 0.600. The van der Waals surface area contributed by atoms with Crippen molar-refractivity contribution in [1.29, 1.82) is 0 Å². The zero-order chi connectivity index (χ0) is 13.8. The highest BCUT2D eigenvalue weighted by atomic mass is 16.5. The zero-order valence-corrected chi connectivity index (χ0v) is 12.4. The van der Waals surface area contributed by atoms with Gasteiger partial charge in [0.25, 0.3) is 0 Å². The smallest absolute Gasteiger partial charge is 0.122 e. The summed E-state index contributed by atoms with van der Waals surface area (Å²) in [6, 6.07) is 4.65. The Balaban J connectivity index is 1.98. The number of benzene rings is 1. The van der Waals surface area contributed by atoms with E-state index in [0.29, 0.717) is 6.04 Å². The second-order valence-electron chi connectivity index (χ2n) is 5.36. The van der Waals surface area contributed by atoms with Gasteiger partial charge in [-0.05, 0) is 44.2 Å². The molecule has 1 heterocycles. The Hall–Kier alpha value is -1.26. The third-order valence-corrected chi connectivity index (χ3v) is 3.95. The molecule has 1 aliphatic heterocycles. The van der Waals surface area contributed by atoms with Crippen LogP contribution in [0.4, 0.5) is 5.69 Å². The van der Waals surface area contributed by atoms with Gasteiger partial charge in [-0.3, -0.25) is 0 Å². The largest absolute Gasteiger partial charge is 0.496 e. The van der Waals surface area contributed by atoms with Crippen LogP contribution in [0.15, 0.2) is 12.1 Å². The second kappa shape index (κ2) is 6.26. The van der Waals surface area contributed by atoms with Crippen molar-refractivity contribution in [3.63, 3.8) is 0 Å². The van der Waals surface area contributed by atoms with Crippen molar-refractivity contribution >= 4 is 5.69 Å². The van der Waals surface area contributed by atoms with Gasteiger partial charge in [-0.1, -0.05) is 0 Å². The quantitative estimate of drug-likeness (QED) is 0.865. The average Bonchev–Trinajstić information content (AvgIpc) is 2.41.